The summed E-state index contributed by atoms with van der Waals surface area (Å²) in [7, 11) is 0. The van der Waals surface area contributed by atoms with Gasteiger partial charge in [-0.25, -0.2) is 0 Å². The maximum atomic E-state index is 13.7. The summed E-state index contributed by atoms with van der Waals surface area (Å²) in [5.74, 6) is 0.694. The number of hydrogen-bond donors (Lipinski definition) is 3. The smallest absolute Gasteiger partial charge is 0.243 e. The molecule has 3 heterocycles. The fraction of sp³-hybridized carbons (Fsp3) is 0.621. The highest BCUT2D eigenvalue weighted by Crippen LogP contribution is 2.36. The lowest BCUT2D eigenvalue weighted by Gasteiger charge is -2.41. The molecule has 0 aliphatic carbocycles. The fourth-order valence-electron chi connectivity index (χ4n) is 5.78. The molecule has 0 unspecified atom stereocenters. The van der Waals surface area contributed by atoms with Crippen LogP contribution in [0, 0.1) is 11.3 Å². The first-order chi connectivity index (χ1) is 18.4. The Kier molecular flexibility index (Phi) is 10.3. The summed E-state index contributed by atoms with van der Waals surface area (Å²) in [6.45, 7) is 2.20. The first-order valence-corrected chi connectivity index (χ1v) is 15.2. The Labute approximate surface area is 230 Å². The number of rotatable bonds is 6. The van der Waals surface area contributed by atoms with Crippen LogP contribution in [0.1, 0.15) is 44.1 Å². The Morgan fingerprint density at radius 3 is 2.68 bits per heavy atom. The average molecular weight is 543 g/mol. The van der Waals surface area contributed by atoms with Crippen molar-refractivity contribution in [2.45, 2.75) is 63.1 Å². The van der Waals surface area contributed by atoms with Crippen LogP contribution in [0.5, 0.6) is 0 Å². The zero-order valence-electron chi connectivity index (χ0n) is 22.4. The van der Waals surface area contributed by atoms with Gasteiger partial charge in [-0.1, -0.05) is 42.5 Å². The van der Waals surface area contributed by atoms with E-state index in [4.69, 9.17) is 10.5 Å². The number of thioether (sulfide) groups is 1. The Hall–Kier alpha value is -2.36. The topological polar surface area (TPSA) is 114 Å². The summed E-state index contributed by atoms with van der Waals surface area (Å²) in [5.41, 5.74) is 6.62. The number of ether oxygens (including phenoxy) is 1. The van der Waals surface area contributed by atoms with Crippen molar-refractivity contribution >= 4 is 29.5 Å². The Morgan fingerprint density at radius 1 is 1.18 bits per heavy atom. The molecule has 2 fully saturated rings. The van der Waals surface area contributed by atoms with E-state index in [1.807, 2.05) is 41.5 Å². The summed E-state index contributed by atoms with van der Waals surface area (Å²) in [4.78, 5) is 42.2. The van der Waals surface area contributed by atoms with Crippen molar-refractivity contribution in [3.8, 4) is 0 Å². The fourth-order valence-corrected chi connectivity index (χ4v) is 6.27. The number of amides is 3. The number of likely N-dealkylation sites (tertiary alicyclic amines) is 1. The number of nitrogens with two attached hydrogens (primary N) is 1. The van der Waals surface area contributed by atoms with Gasteiger partial charge in [0.1, 0.15) is 6.04 Å². The highest BCUT2D eigenvalue weighted by molar-refractivity contribution is 7.98. The monoisotopic (exact) mass is 542 g/mol. The zero-order valence-corrected chi connectivity index (χ0v) is 23.2. The molecule has 0 radical (unpaired) electrons. The van der Waals surface area contributed by atoms with E-state index >= 15 is 0 Å². The minimum absolute atomic E-state index is 0.00528. The van der Waals surface area contributed by atoms with Gasteiger partial charge in [-0.2, -0.15) is 11.8 Å². The molecule has 0 aromatic heterocycles. The number of carbonyl (C=O) groups excluding carboxylic acids is 3. The van der Waals surface area contributed by atoms with Crippen molar-refractivity contribution in [3.05, 3.63) is 48.0 Å². The van der Waals surface area contributed by atoms with Crippen LogP contribution in [-0.2, 0) is 25.5 Å². The van der Waals surface area contributed by atoms with Gasteiger partial charge < -0.3 is 26.0 Å². The van der Waals surface area contributed by atoms with Crippen LogP contribution in [0.4, 0.5) is 0 Å². The molecule has 0 saturated carbocycles. The number of carbonyl (C=O) groups is 3. The molecule has 8 nitrogen and oxygen atoms in total. The molecule has 4 N–H and O–H groups in total. The third kappa shape index (κ3) is 7.18. The molecule has 3 aliphatic rings. The minimum atomic E-state index is -0.673. The van der Waals surface area contributed by atoms with Crippen LogP contribution in [0.25, 0.3) is 0 Å². The second-order valence-corrected chi connectivity index (χ2v) is 11.8. The molecule has 2 saturated heterocycles. The quantitative estimate of drug-likeness (QED) is 0.476. The second-order valence-electron chi connectivity index (χ2n) is 10.9. The van der Waals surface area contributed by atoms with E-state index in [2.05, 4.69) is 22.8 Å². The average Bonchev–Trinajstić information content (AvgIpc) is 2.94. The normalized spacial score (nSPS) is 27.7. The van der Waals surface area contributed by atoms with Crippen molar-refractivity contribution < 1.29 is 19.1 Å². The second kappa shape index (κ2) is 13.6. The van der Waals surface area contributed by atoms with Crippen LogP contribution >= 0.6 is 11.8 Å². The summed E-state index contributed by atoms with van der Waals surface area (Å²) >= 11 is 1.69. The molecule has 1 aromatic carbocycles. The molecular weight excluding hydrogens is 500 g/mol. The van der Waals surface area contributed by atoms with Gasteiger partial charge >= 0.3 is 0 Å². The van der Waals surface area contributed by atoms with Crippen LogP contribution in [-0.4, -0.2) is 79.1 Å². The molecule has 9 heteroatoms. The SMILES string of the molecule is CSCC[C@@H](N)C(=O)N1CC[C@@H]2NC(=O)[C@H](Cc3ccccc3)NC(=O)C3(C/C=C/C[C@@H]2C1)CCOCC3. The van der Waals surface area contributed by atoms with Crippen LogP contribution < -0.4 is 16.4 Å². The molecule has 1 spiro atoms. The molecule has 38 heavy (non-hydrogen) atoms. The summed E-state index contributed by atoms with van der Waals surface area (Å²) in [6.07, 6.45) is 10.6. The number of nitrogens with zero attached hydrogens (tertiary/aromatic N) is 1. The molecular formula is C29H42N4O4S. The van der Waals surface area contributed by atoms with Crippen LogP contribution in [0.3, 0.4) is 0 Å². The Morgan fingerprint density at radius 2 is 1.95 bits per heavy atom. The van der Waals surface area contributed by atoms with E-state index < -0.39 is 17.5 Å². The zero-order chi connectivity index (χ0) is 27.0. The first kappa shape index (κ1) is 28.6. The van der Waals surface area contributed by atoms with E-state index in [0.29, 0.717) is 64.8 Å². The highest BCUT2D eigenvalue weighted by Gasteiger charge is 2.42. The third-order valence-corrected chi connectivity index (χ3v) is 8.92. The van der Waals surface area contributed by atoms with E-state index in [9.17, 15) is 14.4 Å². The third-order valence-electron chi connectivity index (χ3n) is 8.27. The van der Waals surface area contributed by atoms with E-state index in [-0.39, 0.29) is 29.7 Å². The molecule has 1 aromatic rings. The van der Waals surface area contributed by atoms with Crippen molar-refractivity contribution in [3.63, 3.8) is 0 Å². The maximum Gasteiger partial charge on any atom is 0.243 e. The highest BCUT2D eigenvalue weighted by atomic mass is 32.2. The van der Waals surface area contributed by atoms with Gasteiger partial charge in [0, 0.05) is 44.7 Å². The van der Waals surface area contributed by atoms with Gasteiger partial charge in [-0.15, -0.1) is 0 Å². The molecule has 0 bridgehead atoms. The molecule has 4 rings (SSSR count). The van der Waals surface area contributed by atoms with E-state index in [1.54, 1.807) is 11.8 Å². The molecule has 4 atom stereocenters. The molecule has 3 amide bonds. The van der Waals surface area contributed by atoms with Gasteiger partial charge in [0.2, 0.25) is 17.7 Å². The van der Waals surface area contributed by atoms with Gasteiger partial charge in [-0.05, 0) is 56.1 Å². The van der Waals surface area contributed by atoms with E-state index in [0.717, 1.165) is 17.7 Å². The lowest BCUT2D eigenvalue weighted by atomic mass is 9.75. The number of fused-ring (bicyclic) bond motifs is 1. The summed E-state index contributed by atoms with van der Waals surface area (Å²) in [5, 5.41) is 6.38. The lowest BCUT2D eigenvalue weighted by molar-refractivity contribution is -0.140. The van der Waals surface area contributed by atoms with Crippen molar-refractivity contribution in [2.24, 2.45) is 17.1 Å². The summed E-state index contributed by atoms with van der Waals surface area (Å²) in [6, 6.07) is 8.56. The standard InChI is InChI=1S/C29H42N4O4S/c1-38-18-11-23(30)27(35)33-15-10-24-22(20-33)9-5-6-12-29(13-16-37-17-14-29)28(36)32-25(26(34)31-24)19-21-7-3-2-4-8-21/h2-8,22-25H,9-20,30H2,1H3,(H,31,34)(H,32,36)/b6-5+/t22-,23-,24+,25+/m1/s1. The predicted octanol–water partition coefficient (Wildman–Crippen LogP) is 2.27. The van der Waals surface area contributed by atoms with Crippen LogP contribution in [0.2, 0.25) is 0 Å². The van der Waals surface area contributed by atoms with Gasteiger partial charge in [-0.3, -0.25) is 14.4 Å². The van der Waals surface area contributed by atoms with Gasteiger partial charge in [0.25, 0.3) is 0 Å². The summed E-state index contributed by atoms with van der Waals surface area (Å²) < 4.78 is 5.58. The van der Waals surface area contributed by atoms with Gasteiger partial charge in [0.15, 0.2) is 0 Å². The largest absolute Gasteiger partial charge is 0.381 e. The number of benzene rings is 1. The first-order valence-electron chi connectivity index (χ1n) is 13.8. The number of nitrogens with one attached hydrogen (secondary N) is 2. The Bertz CT molecular complexity index is 982. The van der Waals surface area contributed by atoms with Crippen LogP contribution in [0.15, 0.2) is 42.5 Å². The molecule has 3 aliphatic heterocycles. The Balaban J connectivity index is 1.55. The lowest BCUT2D eigenvalue weighted by Crippen LogP contribution is -2.59. The molecule has 208 valence electrons. The van der Waals surface area contributed by atoms with Crippen molar-refractivity contribution in [1.82, 2.24) is 15.5 Å². The number of hydrogen-bond acceptors (Lipinski definition) is 6. The van der Waals surface area contributed by atoms with E-state index in [1.165, 1.54) is 0 Å². The number of piperidine rings is 1. The maximum absolute atomic E-state index is 13.7. The van der Waals surface area contributed by atoms with Crippen molar-refractivity contribution in [2.75, 3.05) is 38.3 Å². The number of allylic oxidation sites excluding steroid dienone is 2. The predicted molar refractivity (Wildman–Crippen MR) is 151 cm³/mol. The van der Waals surface area contributed by atoms with Gasteiger partial charge in [0.05, 0.1) is 11.5 Å². The minimum Gasteiger partial charge on any atom is -0.381 e. The van der Waals surface area contributed by atoms with Crippen molar-refractivity contribution in [1.29, 1.82) is 0 Å².